The Morgan fingerprint density at radius 3 is 2.22 bits per heavy atom. The molecular formula is C16H22N2O4S. The number of amides is 1. The quantitative estimate of drug-likeness (QED) is 0.900. The van der Waals surface area contributed by atoms with Crippen molar-refractivity contribution in [2.24, 2.45) is 0 Å². The van der Waals surface area contributed by atoms with E-state index in [-0.39, 0.29) is 29.1 Å². The van der Waals surface area contributed by atoms with Crippen molar-refractivity contribution in [1.82, 2.24) is 9.62 Å². The summed E-state index contributed by atoms with van der Waals surface area (Å²) in [6.45, 7) is 4.42. The molecule has 3 rings (SSSR count). The third-order valence-corrected chi connectivity index (χ3v) is 5.90. The van der Waals surface area contributed by atoms with Crippen LogP contribution in [0.15, 0.2) is 29.2 Å². The number of sulfonamides is 1. The number of benzene rings is 1. The first-order chi connectivity index (χ1) is 10.9. The van der Waals surface area contributed by atoms with E-state index < -0.39 is 10.0 Å². The molecule has 0 aromatic heterocycles. The summed E-state index contributed by atoms with van der Waals surface area (Å²) in [5.41, 5.74) is 0.486. The van der Waals surface area contributed by atoms with Crippen LogP contribution in [0.2, 0.25) is 0 Å². The lowest BCUT2D eigenvalue weighted by atomic mass is 10.2. The summed E-state index contributed by atoms with van der Waals surface area (Å²) >= 11 is 0. The maximum Gasteiger partial charge on any atom is 0.251 e. The van der Waals surface area contributed by atoms with Gasteiger partial charge in [-0.05, 0) is 51.0 Å². The molecule has 2 atom stereocenters. The van der Waals surface area contributed by atoms with Crippen LogP contribution in [0.1, 0.15) is 37.0 Å². The highest BCUT2D eigenvalue weighted by atomic mass is 32.2. The minimum atomic E-state index is -3.56. The smallest absolute Gasteiger partial charge is 0.251 e. The van der Waals surface area contributed by atoms with Gasteiger partial charge in [0.05, 0.1) is 17.1 Å². The topological polar surface area (TPSA) is 75.7 Å². The lowest BCUT2D eigenvalue weighted by Crippen LogP contribution is -2.48. The summed E-state index contributed by atoms with van der Waals surface area (Å²) in [7, 11) is -3.56. The van der Waals surface area contributed by atoms with Crippen LogP contribution in [-0.2, 0) is 14.8 Å². The predicted molar refractivity (Wildman–Crippen MR) is 85.7 cm³/mol. The first-order valence-corrected chi connectivity index (χ1v) is 9.37. The normalized spacial score (nSPS) is 26.0. The fourth-order valence-electron chi connectivity index (χ4n) is 2.75. The van der Waals surface area contributed by atoms with E-state index in [1.54, 1.807) is 12.1 Å². The highest BCUT2D eigenvalue weighted by Crippen LogP contribution is 2.22. The molecule has 23 heavy (non-hydrogen) atoms. The van der Waals surface area contributed by atoms with Gasteiger partial charge in [0.1, 0.15) is 0 Å². The molecule has 2 aliphatic rings. The summed E-state index contributed by atoms with van der Waals surface area (Å²) in [6, 6.07) is 6.42. The lowest BCUT2D eigenvalue weighted by molar-refractivity contribution is -0.0440. The van der Waals surface area contributed by atoms with Gasteiger partial charge in [-0.3, -0.25) is 4.79 Å². The number of nitrogens with zero attached hydrogens (tertiary/aromatic N) is 1. The van der Waals surface area contributed by atoms with Crippen LogP contribution in [0.3, 0.4) is 0 Å². The van der Waals surface area contributed by atoms with Gasteiger partial charge >= 0.3 is 0 Å². The molecule has 1 aromatic rings. The number of hydrogen-bond acceptors (Lipinski definition) is 4. The fourth-order valence-corrected chi connectivity index (χ4v) is 4.34. The van der Waals surface area contributed by atoms with Gasteiger partial charge < -0.3 is 10.1 Å². The summed E-state index contributed by atoms with van der Waals surface area (Å²) in [6.07, 6.45) is 1.78. The van der Waals surface area contributed by atoms with Crippen molar-refractivity contribution in [3.8, 4) is 0 Å². The van der Waals surface area contributed by atoms with Gasteiger partial charge in [0.15, 0.2) is 0 Å². The Morgan fingerprint density at radius 1 is 1.13 bits per heavy atom. The van der Waals surface area contributed by atoms with Gasteiger partial charge in [-0.15, -0.1) is 0 Å². The second-order valence-corrected chi connectivity index (χ2v) is 8.29. The molecule has 1 saturated carbocycles. The molecule has 0 radical (unpaired) electrons. The zero-order valence-electron chi connectivity index (χ0n) is 13.4. The van der Waals surface area contributed by atoms with Crippen LogP contribution in [0, 0.1) is 0 Å². The van der Waals surface area contributed by atoms with E-state index in [0.29, 0.717) is 18.7 Å². The second-order valence-electron chi connectivity index (χ2n) is 6.35. The van der Waals surface area contributed by atoms with Crippen LogP contribution >= 0.6 is 0 Å². The molecule has 1 saturated heterocycles. The molecule has 7 heteroatoms. The van der Waals surface area contributed by atoms with Crippen molar-refractivity contribution in [3.63, 3.8) is 0 Å². The van der Waals surface area contributed by atoms with Gasteiger partial charge in [0.2, 0.25) is 10.0 Å². The second kappa shape index (κ2) is 6.22. The predicted octanol–water partition coefficient (Wildman–Crippen LogP) is 1.38. The average Bonchev–Trinajstić information content (AvgIpc) is 3.30. The maximum absolute atomic E-state index is 12.7. The Morgan fingerprint density at radius 2 is 1.70 bits per heavy atom. The van der Waals surface area contributed by atoms with E-state index in [2.05, 4.69) is 5.32 Å². The molecule has 0 bridgehead atoms. The third-order valence-electron chi connectivity index (χ3n) is 4.05. The van der Waals surface area contributed by atoms with Crippen molar-refractivity contribution < 1.29 is 17.9 Å². The van der Waals surface area contributed by atoms with E-state index in [4.69, 9.17) is 4.74 Å². The summed E-state index contributed by atoms with van der Waals surface area (Å²) in [5, 5.41) is 2.89. The molecular weight excluding hydrogens is 316 g/mol. The number of rotatable bonds is 4. The van der Waals surface area contributed by atoms with Gasteiger partial charge in [-0.2, -0.15) is 4.31 Å². The number of carbonyl (C=O) groups excluding carboxylic acids is 1. The molecule has 126 valence electrons. The molecule has 1 heterocycles. The minimum Gasteiger partial charge on any atom is -0.373 e. The number of ether oxygens (including phenoxy) is 1. The van der Waals surface area contributed by atoms with Crippen LogP contribution in [0.5, 0.6) is 0 Å². The largest absolute Gasteiger partial charge is 0.373 e. The lowest BCUT2D eigenvalue weighted by Gasteiger charge is -2.34. The van der Waals surface area contributed by atoms with Crippen molar-refractivity contribution in [3.05, 3.63) is 29.8 Å². The molecule has 6 nitrogen and oxygen atoms in total. The number of nitrogens with one attached hydrogen (secondary N) is 1. The zero-order valence-corrected chi connectivity index (χ0v) is 14.2. The van der Waals surface area contributed by atoms with E-state index in [1.807, 2.05) is 13.8 Å². The summed E-state index contributed by atoms with van der Waals surface area (Å²) in [4.78, 5) is 12.2. The molecule has 0 spiro atoms. The third kappa shape index (κ3) is 3.73. The average molecular weight is 338 g/mol. The highest BCUT2D eigenvalue weighted by Gasteiger charge is 2.32. The summed E-state index contributed by atoms with van der Waals surface area (Å²) < 4.78 is 32.5. The number of carbonyl (C=O) groups is 1. The van der Waals surface area contributed by atoms with Gasteiger partial charge in [-0.25, -0.2) is 8.42 Å². The fraction of sp³-hybridized carbons (Fsp3) is 0.562. The molecule has 1 aliphatic heterocycles. The Hall–Kier alpha value is -1.44. The SMILES string of the molecule is CC1CN(S(=O)(=O)c2ccc(C(=O)NC3CC3)cc2)CC(C)O1. The number of hydrogen-bond donors (Lipinski definition) is 1. The van der Waals surface area contributed by atoms with Crippen LogP contribution in [0.4, 0.5) is 0 Å². The van der Waals surface area contributed by atoms with Gasteiger partial charge in [-0.1, -0.05) is 0 Å². The molecule has 1 amide bonds. The number of morpholine rings is 1. The first kappa shape index (κ1) is 16.4. The minimum absolute atomic E-state index is 0.128. The van der Waals surface area contributed by atoms with Gasteiger partial charge in [0.25, 0.3) is 5.91 Å². The Labute approximate surface area is 136 Å². The van der Waals surface area contributed by atoms with Crippen molar-refractivity contribution in [2.45, 2.75) is 49.8 Å². The van der Waals surface area contributed by atoms with E-state index in [9.17, 15) is 13.2 Å². The van der Waals surface area contributed by atoms with Crippen LogP contribution in [0.25, 0.3) is 0 Å². The first-order valence-electron chi connectivity index (χ1n) is 7.93. The van der Waals surface area contributed by atoms with Crippen molar-refractivity contribution >= 4 is 15.9 Å². The van der Waals surface area contributed by atoms with E-state index >= 15 is 0 Å². The summed E-state index contributed by atoms with van der Waals surface area (Å²) in [5.74, 6) is -0.148. The van der Waals surface area contributed by atoms with Gasteiger partial charge in [0, 0.05) is 24.7 Å². The van der Waals surface area contributed by atoms with Crippen LogP contribution < -0.4 is 5.32 Å². The molecule has 1 aromatic carbocycles. The monoisotopic (exact) mass is 338 g/mol. The zero-order chi connectivity index (χ0) is 16.6. The van der Waals surface area contributed by atoms with Crippen molar-refractivity contribution in [2.75, 3.05) is 13.1 Å². The molecule has 2 fully saturated rings. The molecule has 2 unspecified atom stereocenters. The Kier molecular flexibility index (Phi) is 4.44. The Balaban J connectivity index is 1.75. The van der Waals surface area contributed by atoms with E-state index in [1.165, 1.54) is 16.4 Å². The molecule has 1 N–H and O–H groups in total. The van der Waals surface area contributed by atoms with E-state index in [0.717, 1.165) is 12.8 Å². The maximum atomic E-state index is 12.7. The van der Waals surface area contributed by atoms with Crippen LogP contribution in [-0.4, -0.2) is 50.0 Å². The van der Waals surface area contributed by atoms with Crippen molar-refractivity contribution in [1.29, 1.82) is 0 Å². The molecule has 1 aliphatic carbocycles. The standard InChI is InChI=1S/C16H22N2O4S/c1-11-9-18(10-12(2)22-11)23(20,21)15-7-3-13(4-8-15)16(19)17-14-5-6-14/h3-4,7-8,11-12,14H,5-6,9-10H2,1-2H3,(H,17,19). The highest BCUT2D eigenvalue weighted by molar-refractivity contribution is 7.89. The Bertz CT molecular complexity index is 673.